The summed E-state index contributed by atoms with van der Waals surface area (Å²) in [5.74, 6) is 0. The van der Waals surface area contributed by atoms with E-state index >= 15 is 0 Å². The van der Waals surface area contributed by atoms with Gasteiger partial charge in [-0.25, -0.2) is 11.6 Å². The van der Waals surface area contributed by atoms with Gasteiger partial charge in [0.2, 0.25) is 0 Å². The molecule has 0 heterocycles. The van der Waals surface area contributed by atoms with Crippen LogP contribution in [0.2, 0.25) is 5.54 Å². The van der Waals surface area contributed by atoms with Gasteiger partial charge in [0.1, 0.15) is 0 Å². The number of hydrogen-bond acceptors (Lipinski definition) is 3. The van der Waals surface area contributed by atoms with E-state index in [1.54, 1.807) is 21.3 Å². The van der Waals surface area contributed by atoms with Crippen molar-refractivity contribution in [3.63, 3.8) is 0 Å². The number of unbranched alkanes of at least 4 members (excludes halogenated alkanes) is 12. The van der Waals surface area contributed by atoms with Crippen molar-refractivity contribution in [2.45, 2.75) is 109 Å². The second-order valence-electron chi connectivity index (χ2n) is 8.04. The van der Waals surface area contributed by atoms with E-state index in [0.29, 0.717) is 0 Å². The molecule has 0 saturated heterocycles. The molecule has 0 N–H and O–H groups in total. The molecule has 3 nitrogen and oxygen atoms in total. The Balaban J connectivity index is -0.000000980. The molecule has 0 bridgehead atoms. The zero-order valence-corrected chi connectivity index (χ0v) is 25.7. The van der Waals surface area contributed by atoms with Crippen molar-refractivity contribution in [3.8, 4) is 0 Å². The van der Waals surface area contributed by atoms with Crippen molar-refractivity contribution in [2.24, 2.45) is 0 Å². The molecule has 0 aromatic heterocycles. The van der Waals surface area contributed by atoms with Crippen molar-refractivity contribution < 1.29 is 34.3 Å². The molecule has 194 valence electrons. The topological polar surface area (TPSA) is 27.7 Å². The van der Waals surface area contributed by atoms with E-state index < -0.39 is 8.80 Å². The smallest absolute Gasteiger partial charge is 0.377 e. The molecule has 5 heteroatoms. The molecule has 32 heavy (non-hydrogen) atoms. The van der Waals surface area contributed by atoms with Crippen LogP contribution in [0.1, 0.15) is 103 Å². The first-order valence-corrected chi connectivity index (χ1v) is 13.5. The van der Waals surface area contributed by atoms with Gasteiger partial charge in [0.15, 0.2) is 0 Å². The largest absolute Gasteiger partial charge is 4.00 e. The van der Waals surface area contributed by atoms with Crippen molar-refractivity contribution in [3.05, 3.63) is 46.1 Å². The maximum atomic E-state index is 5.77. The first-order valence-electron chi connectivity index (χ1n) is 11.7. The summed E-state index contributed by atoms with van der Waals surface area (Å²) >= 11 is 0. The van der Waals surface area contributed by atoms with Crippen LogP contribution in [-0.4, -0.2) is 30.1 Å². The van der Waals surface area contributed by atoms with E-state index in [4.69, 9.17) is 13.3 Å². The van der Waals surface area contributed by atoms with Crippen LogP contribution in [0.4, 0.5) is 0 Å². The third-order valence-electron chi connectivity index (χ3n) is 5.97. The molecular weight excluding hydrogens is 595 g/mol. The van der Waals surface area contributed by atoms with Crippen molar-refractivity contribution in [2.75, 3.05) is 21.3 Å². The molecule has 1 aliphatic rings. The summed E-state index contributed by atoms with van der Waals surface area (Å²) in [5, 5.41) is 0. The normalized spacial score (nSPS) is 13.3. The minimum absolute atomic E-state index is 0. The van der Waals surface area contributed by atoms with Gasteiger partial charge in [-0.2, -0.15) is 6.08 Å². The van der Waals surface area contributed by atoms with Gasteiger partial charge in [0, 0.05) is 26.9 Å². The second kappa shape index (κ2) is 25.9. The van der Waals surface area contributed by atoms with Gasteiger partial charge >= 0.3 is 29.9 Å². The molecular formula is C27H54O3PtSi. The summed E-state index contributed by atoms with van der Waals surface area (Å²) in [7, 11) is 2.49. The fourth-order valence-corrected chi connectivity index (χ4v) is 6.72. The Labute approximate surface area is 218 Å². The molecule has 0 aromatic carbocycles. The molecule has 0 saturated carbocycles. The van der Waals surface area contributed by atoms with E-state index in [1.165, 1.54) is 89.0 Å². The summed E-state index contributed by atoms with van der Waals surface area (Å²) in [4.78, 5) is 0. The Kier molecular flexibility index (Phi) is 31.9. The van der Waals surface area contributed by atoms with E-state index in [1.807, 2.05) is 0 Å². The van der Waals surface area contributed by atoms with E-state index in [-0.39, 0.29) is 48.9 Å². The fraction of sp³-hybridized carbons (Fsp3) is 0.741. The summed E-state index contributed by atoms with van der Waals surface area (Å²) in [6.45, 7) is 2.28. The van der Waals surface area contributed by atoms with Crippen molar-refractivity contribution >= 4 is 8.80 Å². The number of rotatable bonds is 19. The molecule has 0 fully saturated rings. The molecule has 1 rings (SSSR count). The Morgan fingerprint density at radius 2 is 1.16 bits per heavy atom. The van der Waals surface area contributed by atoms with Crippen molar-refractivity contribution in [1.82, 2.24) is 0 Å². The van der Waals surface area contributed by atoms with Crippen LogP contribution in [0.15, 0.2) is 17.7 Å². The van der Waals surface area contributed by atoms with E-state index in [0.717, 1.165) is 12.8 Å². The molecule has 1 unspecified atom stereocenters. The summed E-state index contributed by atoms with van der Waals surface area (Å²) < 4.78 is 17.3. The van der Waals surface area contributed by atoms with Crippen LogP contribution in [-0.2, 0) is 34.3 Å². The summed E-state index contributed by atoms with van der Waals surface area (Å²) in [5.41, 5.74) is 1.43. The average Bonchev–Trinajstić information content (AvgIpc) is 3.25. The minimum atomic E-state index is -2.67. The van der Waals surface area contributed by atoms with Gasteiger partial charge < -0.3 is 35.6 Å². The van der Waals surface area contributed by atoms with E-state index in [9.17, 15) is 0 Å². The zero-order chi connectivity index (χ0) is 20.5. The van der Waals surface area contributed by atoms with Crippen LogP contribution in [0, 0.1) is 28.4 Å². The van der Waals surface area contributed by atoms with Crippen LogP contribution in [0.3, 0.4) is 0 Å². The zero-order valence-electron chi connectivity index (χ0n) is 22.4. The Bertz CT molecular complexity index is 428. The van der Waals surface area contributed by atoms with Gasteiger partial charge in [-0.15, -0.1) is 6.42 Å². The van der Waals surface area contributed by atoms with Gasteiger partial charge in [0.05, 0.1) is 0 Å². The second-order valence-corrected chi connectivity index (χ2v) is 11.2. The molecule has 0 aromatic rings. The summed E-state index contributed by atoms with van der Waals surface area (Å²) in [6.07, 6.45) is 27.7. The van der Waals surface area contributed by atoms with Gasteiger partial charge in [-0.3, -0.25) is 6.08 Å². The van der Waals surface area contributed by atoms with Crippen molar-refractivity contribution in [1.29, 1.82) is 0 Å². The monoisotopic (exact) mass is 649 g/mol. The Morgan fingerprint density at radius 3 is 1.50 bits per heavy atom. The Hall–Kier alpha value is 0.265. The van der Waals surface area contributed by atoms with Gasteiger partial charge in [-0.1, -0.05) is 90.4 Å². The molecule has 0 radical (unpaired) electrons. The fourth-order valence-electron chi connectivity index (χ4n) is 4.23. The first kappa shape index (κ1) is 39.5. The van der Waals surface area contributed by atoms with Gasteiger partial charge in [0.25, 0.3) is 0 Å². The third-order valence-corrected chi connectivity index (χ3v) is 9.13. The molecule has 1 aliphatic carbocycles. The minimum Gasteiger partial charge on any atom is -0.377 e. The molecule has 1 atom stereocenters. The van der Waals surface area contributed by atoms with Crippen LogP contribution in [0.25, 0.3) is 0 Å². The Morgan fingerprint density at radius 1 is 0.750 bits per heavy atom. The number of allylic oxidation sites excluding steroid dienone is 4. The van der Waals surface area contributed by atoms with E-state index in [2.05, 4.69) is 25.2 Å². The number of hydrogen-bond donors (Lipinski definition) is 0. The third kappa shape index (κ3) is 15.2. The maximum Gasteiger partial charge on any atom is 4.00 e. The molecule has 0 amide bonds. The van der Waals surface area contributed by atoms with Crippen LogP contribution >= 0.6 is 0 Å². The average molecular weight is 650 g/mol. The SMILES string of the molecule is CCCCCCCCCCCCCCCC(C1=[C-]CC=C1)[Si](OC)(OC)OC.[CH3-].[CH3-].[CH3-].[Pt+4]. The van der Waals surface area contributed by atoms with Crippen LogP contribution < -0.4 is 0 Å². The quantitative estimate of drug-likeness (QED) is 0.0796. The standard InChI is InChI=1S/C24H45O3Si.3CH3.Pt/c1-5-6-7-8-9-10-11-12-13-14-15-16-17-22-24(23-20-18-19-21-23)28(25-2,26-3)27-4;;;;/h18,20,24H,5-17,19,22H2,1-4H3;3*1H3;/q4*-1;+4. The predicted octanol–water partition coefficient (Wildman–Crippen LogP) is 8.75. The molecule has 0 spiro atoms. The first-order chi connectivity index (χ1) is 13.7. The summed E-state index contributed by atoms with van der Waals surface area (Å²) in [6, 6.07) is 0. The van der Waals surface area contributed by atoms with Gasteiger partial charge in [-0.05, 0) is 6.42 Å². The predicted molar refractivity (Wildman–Crippen MR) is 141 cm³/mol. The maximum absolute atomic E-state index is 5.77. The van der Waals surface area contributed by atoms with Crippen LogP contribution in [0.5, 0.6) is 0 Å². The molecule has 0 aliphatic heterocycles.